The fraction of sp³-hybridized carbons (Fsp3) is 0.250. The van der Waals surface area contributed by atoms with E-state index in [2.05, 4.69) is 22.3 Å². The number of hydrogen-bond acceptors (Lipinski definition) is 3. The molecule has 0 saturated carbocycles. The van der Waals surface area contributed by atoms with Crippen molar-refractivity contribution < 1.29 is 4.79 Å². The summed E-state index contributed by atoms with van der Waals surface area (Å²) in [6.45, 7) is 0. The van der Waals surface area contributed by atoms with E-state index in [1.807, 2.05) is 25.2 Å². The minimum Gasteiger partial charge on any atom is -0.333 e. The van der Waals surface area contributed by atoms with Crippen LogP contribution in [-0.2, 0) is 6.42 Å². The number of nitrogens with zero attached hydrogens (tertiary/aromatic N) is 2. The molecule has 0 fully saturated rings. The first-order valence-electron chi connectivity index (χ1n) is 8.49. The highest BCUT2D eigenvalue weighted by atomic mass is 16.2. The Labute approximate surface area is 145 Å². The molecule has 2 aromatic carbocycles. The Balaban J connectivity index is 1.76. The number of aryl methyl sites for hydroxylation is 1. The van der Waals surface area contributed by atoms with Crippen LogP contribution in [0, 0.1) is 0 Å². The zero-order valence-electron chi connectivity index (χ0n) is 14.0. The van der Waals surface area contributed by atoms with Gasteiger partial charge in [0.1, 0.15) is 0 Å². The van der Waals surface area contributed by atoms with Crippen LogP contribution in [0.4, 0.5) is 0 Å². The van der Waals surface area contributed by atoms with Crippen LogP contribution in [0.15, 0.2) is 53.3 Å². The average molecular weight is 333 g/mol. The van der Waals surface area contributed by atoms with Crippen LogP contribution < -0.4 is 5.56 Å². The SMILES string of the molecule is CN(C(=O)c1n[nH]c(=O)c2ccccc12)[C@@H]1CCCc2ccccc21. The van der Waals surface area contributed by atoms with Crippen LogP contribution in [0.25, 0.3) is 10.8 Å². The predicted molar refractivity (Wildman–Crippen MR) is 96.6 cm³/mol. The minimum atomic E-state index is -0.280. The number of amides is 1. The number of rotatable bonds is 2. The number of hydrogen-bond donors (Lipinski definition) is 1. The lowest BCUT2D eigenvalue weighted by molar-refractivity contribution is 0.0710. The number of carbonyl (C=O) groups excluding carboxylic acids is 1. The molecule has 1 atom stereocenters. The van der Waals surface area contributed by atoms with Crippen LogP contribution in [0.3, 0.4) is 0 Å². The molecule has 0 unspecified atom stereocenters. The highest BCUT2D eigenvalue weighted by molar-refractivity contribution is 6.04. The Bertz CT molecular complexity index is 1010. The molecule has 0 saturated heterocycles. The van der Waals surface area contributed by atoms with Gasteiger partial charge in [-0.25, -0.2) is 5.10 Å². The van der Waals surface area contributed by atoms with Crippen molar-refractivity contribution in [3.05, 3.63) is 75.7 Å². The van der Waals surface area contributed by atoms with E-state index < -0.39 is 0 Å². The third kappa shape index (κ3) is 2.61. The number of fused-ring (bicyclic) bond motifs is 2. The predicted octanol–water partition coefficient (Wildman–Crippen LogP) is 3.07. The molecular weight excluding hydrogens is 314 g/mol. The summed E-state index contributed by atoms with van der Waals surface area (Å²) in [5, 5.41) is 7.57. The van der Waals surface area contributed by atoms with Crippen LogP contribution in [0.2, 0.25) is 0 Å². The maximum absolute atomic E-state index is 13.1. The summed E-state index contributed by atoms with van der Waals surface area (Å²) in [6.07, 6.45) is 3.04. The first-order chi connectivity index (χ1) is 12.2. The summed E-state index contributed by atoms with van der Waals surface area (Å²) in [6, 6.07) is 15.4. The molecular formula is C20H19N3O2. The van der Waals surface area contributed by atoms with Crippen molar-refractivity contribution in [1.29, 1.82) is 0 Å². The summed E-state index contributed by atoms with van der Waals surface area (Å²) in [7, 11) is 1.82. The maximum Gasteiger partial charge on any atom is 0.275 e. The van der Waals surface area contributed by atoms with Crippen molar-refractivity contribution >= 4 is 16.7 Å². The quantitative estimate of drug-likeness (QED) is 0.784. The molecule has 0 radical (unpaired) electrons. The van der Waals surface area contributed by atoms with E-state index in [1.165, 1.54) is 11.1 Å². The monoisotopic (exact) mass is 333 g/mol. The van der Waals surface area contributed by atoms with Gasteiger partial charge in [0.15, 0.2) is 5.69 Å². The second kappa shape index (κ2) is 6.16. The Morgan fingerprint density at radius 3 is 2.68 bits per heavy atom. The van der Waals surface area contributed by atoms with Crippen molar-refractivity contribution in [3.8, 4) is 0 Å². The smallest absolute Gasteiger partial charge is 0.275 e. The lowest BCUT2D eigenvalue weighted by atomic mass is 9.87. The molecule has 1 heterocycles. The molecule has 0 aliphatic heterocycles. The molecule has 0 spiro atoms. The standard InChI is InChI=1S/C20H19N3O2/c1-23(17-12-6-8-13-7-2-3-9-14(13)17)20(25)18-15-10-4-5-11-16(15)19(24)22-21-18/h2-5,7,9-11,17H,6,8,12H2,1H3,(H,22,24)/t17-/m1/s1. The lowest BCUT2D eigenvalue weighted by Gasteiger charge is -2.33. The summed E-state index contributed by atoms with van der Waals surface area (Å²) in [4.78, 5) is 26.8. The van der Waals surface area contributed by atoms with E-state index in [4.69, 9.17) is 0 Å². The average Bonchev–Trinajstić information content (AvgIpc) is 2.67. The van der Waals surface area contributed by atoms with E-state index in [9.17, 15) is 9.59 Å². The largest absolute Gasteiger partial charge is 0.333 e. The Morgan fingerprint density at radius 2 is 1.84 bits per heavy atom. The van der Waals surface area contributed by atoms with Gasteiger partial charge in [-0.1, -0.05) is 42.5 Å². The van der Waals surface area contributed by atoms with E-state index >= 15 is 0 Å². The molecule has 5 nitrogen and oxygen atoms in total. The van der Waals surface area contributed by atoms with Gasteiger partial charge in [-0.15, -0.1) is 0 Å². The van der Waals surface area contributed by atoms with E-state index in [1.54, 1.807) is 23.1 Å². The van der Waals surface area contributed by atoms with Gasteiger partial charge in [-0.2, -0.15) is 5.10 Å². The summed E-state index contributed by atoms with van der Waals surface area (Å²) >= 11 is 0. The lowest BCUT2D eigenvalue weighted by Crippen LogP contribution is -2.34. The summed E-state index contributed by atoms with van der Waals surface area (Å²) in [5.74, 6) is -0.172. The highest BCUT2D eigenvalue weighted by Crippen LogP contribution is 2.34. The Morgan fingerprint density at radius 1 is 1.12 bits per heavy atom. The molecule has 1 aliphatic rings. The number of H-pyrrole nitrogens is 1. The molecule has 4 rings (SSSR count). The second-order valence-corrected chi connectivity index (χ2v) is 6.47. The van der Waals surface area contributed by atoms with Crippen molar-refractivity contribution in [3.63, 3.8) is 0 Å². The number of aromatic nitrogens is 2. The highest BCUT2D eigenvalue weighted by Gasteiger charge is 2.28. The third-order valence-electron chi connectivity index (χ3n) is 5.02. The van der Waals surface area contributed by atoms with Gasteiger partial charge in [-0.05, 0) is 36.5 Å². The molecule has 1 amide bonds. The zero-order chi connectivity index (χ0) is 17.4. The maximum atomic E-state index is 13.1. The fourth-order valence-corrected chi connectivity index (χ4v) is 3.72. The van der Waals surface area contributed by atoms with Gasteiger partial charge in [0.05, 0.1) is 11.4 Å². The van der Waals surface area contributed by atoms with Crippen LogP contribution >= 0.6 is 0 Å². The normalized spacial score (nSPS) is 16.4. The molecule has 3 aromatic rings. The Hall–Kier alpha value is -2.95. The molecule has 25 heavy (non-hydrogen) atoms. The van der Waals surface area contributed by atoms with Gasteiger partial charge >= 0.3 is 0 Å². The van der Waals surface area contributed by atoms with E-state index in [0.29, 0.717) is 16.5 Å². The Kier molecular flexibility index (Phi) is 3.84. The van der Waals surface area contributed by atoms with Gasteiger partial charge in [0.2, 0.25) is 0 Å². The number of benzene rings is 2. The van der Waals surface area contributed by atoms with Crippen LogP contribution in [0.1, 0.15) is 40.5 Å². The molecule has 1 aliphatic carbocycles. The van der Waals surface area contributed by atoms with Gasteiger partial charge < -0.3 is 4.90 Å². The second-order valence-electron chi connectivity index (χ2n) is 6.47. The fourth-order valence-electron chi connectivity index (χ4n) is 3.72. The van der Waals surface area contributed by atoms with Gasteiger partial charge in [-0.3, -0.25) is 9.59 Å². The van der Waals surface area contributed by atoms with Crippen LogP contribution in [0.5, 0.6) is 0 Å². The minimum absolute atomic E-state index is 0.0324. The van der Waals surface area contributed by atoms with Crippen molar-refractivity contribution in [2.75, 3.05) is 7.05 Å². The van der Waals surface area contributed by atoms with E-state index in [-0.39, 0.29) is 17.5 Å². The van der Waals surface area contributed by atoms with Crippen molar-refractivity contribution in [2.45, 2.75) is 25.3 Å². The zero-order valence-corrected chi connectivity index (χ0v) is 14.0. The first kappa shape index (κ1) is 15.6. The summed E-state index contributed by atoms with van der Waals surface area (Å²) in [5.41, 5.74) is 2.52. The van der Waals surface area contributed by atoms with Crippen LogP contribution in [-0.4, -0.2) is 28.1 Å². The first-order valence-corrected chi connectivity index (χ1v) is 8.49. The summed E-state index contributed by atoms with van der Waals surface area (Å²) < 4.78 is 0. The molecule has 126 valence electrons. The van der Waals surface area contributed by atoms with Gasteiger partial charge in [0.25, 0.3) is 11.5 Å². The molecule has 0 bridgehead atoms. The van der Waals surface area contributed by atoms with Crippen molar-refractivity contribution in [2.24, 2.45) is 0 Å². The molecule has 5 heteroatoms. The number of aromatic amines is 1. The molecule has 1 N–H and O–H groups in total. The molecule has 1 aromatic heterocycles. The third-order valence-corrected chi connectivity index (χ3v) is 5.02. The van der Waals surface area contributed by atoms with Gasteiger partial charge in [0, 0.05) is 12.4 Å². The number of nitrogens with one attached hydrogen (secondary N) is 1. The topological polar surface area (TPSA) is 66.1 Å². The van der Waals surface area contributed by atoms with E-state index in [0.717, 1.165) is 19.3 Å². The van der Waals surface area contributed by atoms with Crippen molar-refractivity contribution in [1.82, 2.24) is 15.1 Å². The number of carbonyl (C=O) groups is 1.